The largest absolute Gasteiger partial charge is 0.756 e. The number of nitrogens with zero attached hydrogens (tertiary/aromatic N) is 1. The fourth-order valence-corrected chi connectivity index (χ4v) is 10.6. The fourth-order valence-electron chi connectivity index (χ4n) is 9.87. The second-order valence-electron chi connectivity index (χ2n) is 25.0. The van der Waals surface area contributed by atoms with Crippen LogP contribution in [-0.2, 0) is 27.9 Å². The minimum Gasteiger partial charge on any atom is -0.756 e. The van der Waals surface area contributed by atoms with E-state index in [0.717, 1.165) is 141 Å². The molecule has 0 aliphatic carbocycles. The summed E-state index contributed by atoms with van der Waals surface area (Å²) in [7, 11) is 1.16. The van der Waals surface area contributed by atoms with Gasteiger partial charge in [0.1, 0.15) is 19.3 Å². The third-order valence-electron chi connectivity index (χ3n) is 15.3. The minimum atomic E-state index is -4.72. The van der Waals surface area contributed by atoms with Crippen LogP contribution in [0.15, 0.2) is 134 Å². The zero-order valence-corrected chi connectivity index (χ0v) is 58.5. The quantitative estimate of drug-likeness (QED) is 0.0212. The molecule has 504 valence electrons. The Morgan fingerprint density at radius 1 is 0.409 bits per heavy atom. The maximum atomic E-state index is 13.6. The molecule has 0 fully saturated rings. The number of allylic oxidation sites excluding steroid dienone is 21. The van der Waals surface area contributed by atoms with Gasteiger partial charge in [0.2, 0.25) is 5.91 Å². The lowest BCUT2D eigenvalue weighted by Gasteiger charge is -2.30. The van der Waals surface area contributed by atoms with E-state index in [1.165, 1.54) is 116 Å². The molecule has 0 rings (SSSR count). The lowest BCUT2D eigenvalue weighted by molar-refractivity contribution is -0.870. The number of carbonyl (C=O) groups is 2. The highest BCUT2D eigenvalue weighted by atomic mass is 31.2. The van der Waals surface area contributed by atoms with Crippen molar-refractivity contribution in [2.24, 2.45) is 0 Å². The molecule has 0 bridgehead atoms. The van der Waals surface area contributed by atoms with Gasteiger partial charge in [-0.15, -0.1) is 0 Å². The van der Waals surface area contributed by atoms with Crippen molar-refractivity contribution in [2.75, 3.05) is 40.9 Å². The molecule has 0 aliphatic rings. The lowest BCUT2D eigenvalue weighted by Crippen LogP contribution is -2.47. The molecule has 1 N–H and O–H groups in total. The van der Waals surface area contributed by atoms with Gasteiger partial charge >= 0.3 is 5.97 Å². The molecular formula is C78H135N2O7P. The predicted octanol–water partition coefficient (Wildman–Crippen LogP) is 22.5. The first kappa shape index (κ1) is 84.2. The predicted molar refractivity (Wildman–Crippen MR) is 380 cm³/mol. The van der Waals surface area contributed by atoms with Crippen molar-refractivity contribution < 1.29 is 37.3 Å². The molecule has 0 radical (unpaired) electrons. The van der Waals surface area contributed by atoms with Gasteiger partial charge in [0, 0.05) is 12.8 Å². The number of ether oxygens (including phenoxy) is 1. The Balaban J connectivity index is 5.09. The Labute approximate surface area is 543 Å². The van der Waals surface area contributed by atoms with Crippen LogP contribution in [-0.4, -0.2) is 69.4 Å². The summed E-state index contributed by atoms with van der Waals surface area (Å²) >= 11 is 0. The Morgan fingerprint density at radius 3 is 1.09 bits per heavy atom. The number of hydrogen-bond donors (Lipinski definition) is 1. The molecule has 0 spiro atoms. The summed E-state index contributed by atoms with van der Waals surface area (Å²) in [6, 6.07) is -0.905. The summed E-state index contributed by atoms with van der Waals surface area (Å²) in [5.41, 5.74) is 0. The molecule has 88 heavy (non-hydrogen) atoms. The molecular weight excluding hydrogens is 1110 g/mol. The molecule has 0 aliphatic heterocycles. The van der Waals surface area contributed by atoms with E-state index in [1.807, 2.05) is 33.3 Å². The highest BCUT2D eigenvalue weighted by Crippen LogP contribution is 2.38. The first-order valence-corrected chi connectivity index (χ1v) is 37.5. The number of hydrogen-bond acceptors (Lipinski definition) is 7. The molecule has 0 heterocycles. The van der Waals surface area contributed by atoms with Crippen LogP contribution in [0.3, 0.4) is 0 Å². The first-order chi connectivity index (χ1) is 42.9. The van der Waals surface area contributed by atoms with Gasteiger partial charge in [-0.2, -0.15) is 0 Å². The molecule has 0 saturated carbocycles. The molecule has 10 heteroatoms. The van der Waals surface area contributed by atoms with E-state index in [-0.39, 0.29) is 24.9 Å². The van der Waals surface area contributed by atoms with Gasteiger partial charge in [-0.05, 0) is 122 Å². The van der Waals surface area contributed by atoms with E-state index in [0.29, 0.717) is 23.9 Å². The summed E-state index contributed by atoms with van der Waals surface area (Å²) in [5, 5.41) is 3.04. The maximum absolute atomic E-state index is 13.6. The van der Waals surface area contributed by atoms with Gasteiger partial charge < -0.3 is 28.5 Å². The van der Waals surface area contributed by atoms with Crippen molar-refractivity contribution in [1.82, 2.24) is 5.32 Å². The van der Waals surface area contributed by atoms with Crippen LogP contribution in [0.4, 0.5) is 0 Å². The highest BCUT2D eigenvalue weighted by Gasteiger charge is 2.27. The number of quaternary nitrogens is 1. The standard InChI is InChI=1S/C78H135N2O7P/c1-7-10-13-16-19-22-25-28-30-32-34-36-38-39-40-41-43-44-46-48-50-52-55-58-61-64-67-70-77(81)79-75(74-86-88(83,84)85-73-72-80(4,5)6)76(69-66-63-60-57-54-27-24-21-18-15-12-9-3)87-78(82)71-68-65-62-59-56-53-51-49-47-45-42-37-35-33-31-29-26-23-20-17-14-11-8-2/h10-11,13-14,19-20,22-23,28-31,34-37,39-40,45,47,66,69,75-76H,7-9,12,15-18,21,24-27,32-33,38,41-44,46,48-65,67-68,70-74H2,1-6H3,(H-,79,81,83,84)/b13-10-,14-11-,22-19-,23-20-,30-28-,31-29-,36-34-,37-35-,40-39-,47-45-,69-66-. The van der Waals surface area contributed by atoms with Gasteiger partial charge in [0.25, 0.3) is 7.82 Å². The van der Waals surface area contributed by atoms with Crippen molar-refractivity contribution in [2.45, 2.75) is 309 Å². The molecule has 1 amide bonds. The van der Waals surface area contributed by atoms with Crippen LogP contribution in [0, 0.1) is 0 Å². The molecule has 0 aromatic heterocycles. The van der Waals surface area contributed by atoms with Gasteiger partial charge in [0.15, 0.2) is 0 Å². The van der Waals surface area contributed by atoms with E-state index >= 15 is 0 Å². The third-order valence-corrected chi connectivity index (χ3v) is 16.3. The number of esters is 1. The molecule has 9 nitrogen and oxygen atoms in total. The van der Waals surface area contributed by atoms with E-state index in [9.17, 15) is 19.0 Å². The van der Waals surface area contributed by atoms with Crippen LogP contribution in [0.2, 0.25) is 0 Å². The first-order valence-electron chi connectivity index (χ1n) is 36.0. The van der Waals surface area contributed by atoms with Crippen molar-refractivity contribution in [3.05, 3.63) is 134 Å². The number of nitrogens with one attached hydrogen (secondary N) is 1. The Bertz CT molecular complexity index is 1970. The molecule has 3 unspecified atom stereocenters. The zero-order chi connectivity index (χ0) is 64.2. The van der Waals surface area contributed by atoms with Crippen LogP contribution >= 0.6 is 7.82 Å². The summed E-state index contributed by atoms with van der Waals surface area (Å²) in [6.07, 6.45) is 94.3. The molecule has 0 saturated heterocycles. The topological polar surface area (TPSA) is 114 Å². The number of carbonyl (C=O) groups excluding carboxylic acids is 2. The average molecular weight is 1240 g/mol. The number of likely N-dealkylation sites (N-methyl/N-ethyl adjacent to an activating group) is 1. The number of rotatable bonds is 64. The lowest BCUT2D eigenvalue weighted by atomic mass is 10.0. The van der Waals surface area contributed by atoms with Crippen LogP contribution in [0.5, 0.6) is 0 Å². The van der Waals surface area contributed by atoms with Crippen LogP contribution < -0.4 is 10.2 Å². The van der Waals surface area contributed by atoms with Gasteiger partial charge in [-0.25, -0.2) is 0 Å². The monoisotopic (exact) mass is 1240 g/mol. The summed E-state index contributed by atoms with van der Waals surface area (Å²) in [4.78, 5) is 40.2. The summed E-state index contributed by atoms with van der Waals surface area (Å²) < 4.78 is 30.5. The van der Waals surface area contributed by atoms with E-state index in [1.54, 1.807) is 0 Å². The van der Waals surface area contributed by atoms with Crippen LogP contribution in [0.25, 0.3) is 0 Å². The summed E-state index contributed by atoms with van der Waals surface area (Å²) in [5.74, 6) is -0.560. The van der Waals surface area contributed by atoms with Gasteiger partial charge in [0.05, 0.1) is 33.8 Å². The number of phosphoric ester groups is 1. The van der Waals surface area contributed by atoms with Crippen molar-refractivity contribution in [1.29, 1.82) is 0 Å². The zero-order valence-electron chi connectivity index (χ0n) is 57.6. The summed E-state index contributed by atoms with van der Waals surface area (Å²) in [6.45, 7) is 6.61. The fraction of sp³-hybridized carbons (Fsp3) is 0.692. The average Bonchev–Trinajstić information content (AvgIpc) is 3.66. The van der Waals surface area contributed by atoms with Crippen molar-refractivity contribution in [3.8, 4) is 0 Å². The number of amides is 1. The molecule has 3 atom stereocenters. The minimum absolute atomic E-state index is 0.0312. The van der Waals surface area contributed by atoms with E-state index in [2.05, 4.69) is 148 Å². The van der Waals surface area contributed by atoms with E-state index in [4.69, 9.17) is 13.8 Å². The van der Waals surface area contributed by atoms with Crippen LogP contribution in [0.1, 0.15) is 297 Å². The SMILES string of the molecule is CC/C=C\C/C=C\C/C=C\C/C=C\C/C=C\CCCCCCCCCCCCCC(=O)NC(COP(=O)([O-])OCC[N+](C)(C)C)C(/C=C\CCCCCCCCCCCC)OC(=O)CCCCCCCCC/C=C\C/C=C\C/C=C\C/C=C\C/C=C\CC. The highest BCUT2D eigenvalue weighted by molar-refractivity contribution is 7.45. The Morgan fingerprint density at radius 2 is 0.727 bits per heavy atom. The second-order valence-corrected chi connectivity index (χ2v) is 26.4. The molecule has 0 aromatic carbocycles. The maximum Gasteiger partial charge on any atom is 0.306 e. The molecule has 0 aromatic rings. The van der Waals surface area contributed by atoms with Crippen molar-refractivity contribution in [3.63, 3.8) is 0 Å². The smallest absolute Gasteiger partial charge is 0.306 e. The number of phosphoric acid groups is 1. The van der Waals surface area contributed by atoms with Crippen molar-refractivity contribution >= 4 is 19.7 Å². The third kappa shape index (κ3) is 66.6. The number of unbranched alkanes of at least 4 members (excludes halogenated alkanes) is 28. The second kappa shape index (κ2) is 66.1. The Kier molecular flexibility index (Phi) is 63.2. The Hall–Kier alpha value is -3.85. The van der Waals surface area contributed by atoms with Gasteiger partial charge in [-0.3, -0.25) is 14.2 Å². The van der Waals surface area contributed by atoms with Gasteiger partial charge in [-0.1, -0.05) is 296 Å². The van der Waals surface area contributed by atoms with E-state index < -0.39 is 26.6 Å². The normalized spacial score (nSPS) is 14.3.